The van der Waals surface area contributed by atoms with E-state index in [0.29, 0.717) is 0 Å². The first kappa shape index (κ1) is 5.65. The van der Waals surface area contributed by atoms with E-state index in [-0.39, 0.29) is 6.04 Å². The van der Waals surface area contributed by atoms with Crippen LogP contribution in [0.3, 0.4) is 0 Å². The molecule has 4 heteroatoms. The summed E-state index contributed by atoms with van der Waals surface area (Å²) in [5.41, 5.74) is 0. The second kappa shape index (κ2) is 2.86. The van der Waals surface area contributed by atoms with Crippen molar-refractivity contribution in [3.63, 3.8) is 0 Å². The Bertz CT molecular complexity index is 52.8. The van der Waals surface area contributed by atoms with E-state index in [1.54, 1.807) is 0 Å². The highest BCUT2D eigenvalue weighted by Crippen LogP contribution is 1.69. The Morgan fingerprint density at radius 3 is 2.33 bits per heavy atom. The van der Waals surface area contributed by atoms with Gasteiger partial charge in [-0.2, -0.15) is 0 Å². The lowest BCUT2D eigenvalue weighted by atomic mass is 10.8. The molecule has 36 valence electrons. The van der Waals surface area contributed by atoms with E-state index in [1.165, 1.54) is 0 Å². The Morgan fingerprint density at radius 2 is 2.33 bits per heavy atom. The fourth-order valence-electron chi connectivity index (χ4n) is 0.0956. The molecule has 0 saturated carbocycles. The Kier molecular flexibility index (Phi) is 2.69. The summed E-state index contributed by atoms with van der Waals surface area (Å²) < 4.78 is 0. The van der Waals surface area contributed by atoms with Crippen molar-refractivity contribution in [2.24, 2.45) is 0 Å². The molecule has 0 fully saturated rings. The van der Waals surface area contributed by atoms with Crippen LogP contribution in [0.5, 0.6) is 0 Å². The Balaban J connectivity index is 2.83. The van der Waals surface area contributed by atoms with Crippen molar-refractivity contribution in [1.82, 2.24) is 0 Å². The highest BCUT2D eigenvalue weighted by Gasteiger charge is 1.90. The van der Waals surface area contributed by atoms with Gasteiger partial charge in [0.15, 0.2) is 9.76 Å². The van der Waals surface area contributed by atoms with Gasteiger partial charge in [0.05, 0.1) is 6.04 Å². The molecule has 0 bridgehead atoms. The van der Waals surface area contributed by atoms with Crippen LogP contribution >= 0.6 is 0 Å². The summed E-state index contributed by atoms with van der Waals surface area (Å²) >= 11 is 0. The predicted octanol–water partition coefficient (Wildman–Crippen LogP) is -1.43. The van der Waals surface area contributed by atoms with Crippen LogP contribution in [0.15, 0.2) is 0 Å². The largest absolute Gasteiger partial charge is 0.481 e. The minimum atomic E-state index is -1.23. The maximum atomic E-state index is 9.47. The third-order valence-electron chi connectivity index (χ3n) is 0.326. The molecule has 0 aromatic rings. The first-order valence-electron chi connectivity index (χ1n) is 1.60. The fraction of sp³-hybridized carbons (Fsp3) is 0.500. The molecular weight excluding hydrogens is 100 g/mol. The van der Waals surface area contributed by atoms with Gasteiger partial charge in [0, 0.05) is 0 Å². The number of carboxylic acids is 1. The zero-order chi connectivity index (χ0) is 4.99. The zero-order valence-corrected chi connectivity index (χ0v) is 4.63. The van der Waals surface area contributed by atoms with Crippen LogP contribution in [0.1, 0.15) is 0 Å². The predicted molar refractivity (Wildman–Crippen MR) is 23.2 cm³/mol. The van der Waals surface area contributed by atoms with Crippen LogP contribution in [-0.2, 0) is 4.79 Å². The SMILES string of the molecule is O=C(O)C[SiH2]O. The molecule has 0 rings (SSSR count). The highest BCUT2D eigenvalue weighted by molar-refractivity contribution is 6.31. The maximum absolute atomic E-state index is 9.47. The van der Waals surface area contributed by atoms with E-state index in [0.717, 1.165) is 0 Å². The van der Waals surface area contributed by atoms with Crippen LogP contribution in [0.2, 0.25) is 6.04 Å². The first-order chi connectivity index (χ1) is 2.77. The lowest BCUT2D eigenvalue weighted by molar-refractivity contribution is -0.134. The van der Waals surface area contributed by atoms with Gasteiger partial charge >= 0.3 is 5.97 Å². The molecule has 0 amide bonds. The topological polar surface area (TPSA) is 57.5 Å². The van der Waals surface area contributed by atoms with Gasteiger partial charge in [-0.15, -0.1) is 0 Å². The summed E-state index contributed by atoms with van der Waals surface area (Å²) in [4.78, 5) is 17.5. The quantitative estimate of drug-likeness (QED) is 0.424. The van der Waals surface area contributed by atoms with Crippen molar-refractivity contribution in [3.05, 3.63) is 0 Å². The highest BCUT2D eigenvalue weighted by atomic mass is 28.2. The lowest BCUT2D eigenvalue weighted by Gasteiger charge is -1.78. The molecule has 0 aliphatic carbocycles. The average Bonchev–Trinajstić information content (AvgIpc) is 1.35. The molecule has 0 aliphatic rings. The molecule has 0 aliphatic heterocycles. The van der Waals surface area contributed by atoms with Crippen LogP contribution < -0.4 is 0 Å². The van der Waals surface area contributed by atoms with Gasteiger partial charge in [-0.1, -0.05) is 0 Å². The molecule has 0 aromatic carbocycles. The van der Waals surface area contributed by atoms with Gasteiger partial charge in [0.2, 0.25) is 0 Å². The maximum Gasteiger partial charge on any atom is 0.302 e. The number of hydrogen-bond acceptors (Lipinski definition) is 2. The number of aliphatic carboxylic acids is 1. The van der Waals surface area contributed by atoms with Gasteiger partial charge in [-0.3, -0.25) is 4.79 Å². The smallest absolute Gasteiger partial charge is 0.302 e. The van der Waals surface area contributed by atoms with Crippen molar-refractivity contribution in [3.8, 4) is 0 Å². The van der Waals surface area contributed by atoms with Crippen molar-refractivity contribution in [2.75, 3.05) is 0 Å². The summed E-state index contributed by atoms with van der Waals surface area (Å²) in [6.07, 6.45) is 0. The Labute approximate surface area is 37.6 Å². The summed E-state index contributed by atoms with van der Waals surface area (Å²) in [6, 6.07) is -0.0139. The minimum Gasteiger partial charge on any atom is -0.481 e. The first-order valence-corrected chi connectivity index (χ1v) is 3.23. The van der Waals surface area contributed by atoms with Crippen molar-refractivity contribution in [1.29, 1.82) is 0 Å². The molecule has 0 unspecified atom stereocenters. The van der Waals surface area contributed by atoms with Gasteiger partial charge in [0.1, 0.15) is 0 Å². The Hall–Kier alpha value is -0.353. The molecule has 3 nitrogen and oxygen atoms in total. The van der Waals surface area contributed by atoms with Crippen LogP contribution in [0.4, 0.5) is 0 Å². The monoisotopic (exact) mass is 106 g/mol. The normalized spacial score (nSPS) is 10.2. The molecule has 0 saturated heterocycles. The van der Waals surface area contributed by atoms with Gasteiger partial charge in [-0.05, 0) is 0 Å². The number of hydrogen-bond donors (Lipinski definition) is 2. The van der Waals surface area contributed by atoms with E-state index in [2.05, 4.69) is 0 Å². The van der Waals surface area contributed by atoms with E-state index in [4.69, 9.17) is 9.90 Å². The summed E-state index contributed by atoms with van der Waals surface area (Å²) in [7, 11) is -1.23. The zero-order valence-electron chi connectivity index (χ0n) is 3.22. The van der Waals surface area contributed by atoms with Gasteiger partial charge in [-0.25, -0.2) is 0 Å². The van der Waals surface area contributed by atoms with E-state index < -0.39 is 15.7 Å². The molecule has 0 radical (unpaired) electrons. The van der Waals surface area contributed by atoms with Crippen LogP contribution in [-0.4, -0.2) is 25.6 Å². The number of carbonyl (C=O) groups is 1. The minimum absolute atomic E-state index is 0.0139. The van der Waals surface area contributed by atoms with Crippen LogP contribution in [0.25, 0.3) is 0 Å². The van der Waals surface area contributed by atoms with Gasteiger partial charge in [0.25, 0.3) is 0 Å². The number of rotatable bonds is 2. The standard InChI is InChI=1S/C2H6O3Si/c3-2(4)1-6-5/h5H,1,6H2,(H,3,4). The second-order valence-corrected chi connectivity index (χ2v) is 1.81. The second-order valence-electron chi connectivity index (χ2n) is 0.867. The molecule has 0 aromatic heterocycles. The molecule has 6 heavy (non-hydrogen) atoms. The summed E-state index contributed by atoms with van der Waals surface area (Å²) in [5, 5.41) is 7.79. The van der Waals surface area contributed by atoms with E-state index in [9.17, 15) is 4.79 Å². The lowest BCUT2D eigenvalue weighted by Crippen LogP contribution is -1.98. The molecule has 2 N–H and O–H groups in total. The third kappa shape index (κ3) is 3.65. The van der Waals surface area contributed by atoms with Crippen molar-refractivity contribution >= 4 is 15.7 Å². The molecule has 0 heterocycles. The van der Waals surface area contributed by atoms with Crippen LogP contribution in [0, 0.1) is 0 Å². The molecule has 0 spiro atoms. The van der Waals surface area contributed by atoms with E-state index >= 15 is 0 Å². The van der Waals surface area contributed by atoms with Gasteiger partial charge < -0.3 is 9.90 Å². The Morgan fingerprint density at radius 1 is 1.83 bits per heavy atom. The molecule has 0 atom stereocenters. The fourth-order valence-corrected chi connectivity index (χ4v) is 0.287. The summed E-state index contributed by atoms with van der Waals surface area (Å²) in [5.74, 6) is -0.899. The molecular formula is C2H6O3Si. The summed E-state index contributed by atoms with van der Waals surface area (Å²) in [6.45, 7) is 0. The van der Waals surface area contributed by atoms with E-state index in [1.807, 2.05) is 0 Å². The number of carboxylic acid groups (broad SMARTS) is 1. The third-order valence-corrected chi connectivity index (χ3v) is 0.977. The van der Waals surface area contributed by atoms with Crippen molar-refractivity contribution < 1.29 is 14.7 Å². The average molecular weight is 106 g/mol. The van der Waals surface area contributed by atoms with Crippen molar-refractivity contribution in [2.45, 2.75) is 6.04 Å².